The SMILES string of the molecule is Cc1ccccc1N1CCN(c2ccc(C(=O)CCCC3CC3)nn2)CC1. The van der Waals surface area contributed by atoms with E-state index in [0.29, 0.717) is 12.1 Å². The molecule has 2 aromatic rings. The lowest BCUT2D eigenvalue weighted by Crippen LogP contribution is -2.47. The zero-order chi connectivity index (χ0) is 18.6. The summed E-state index contributed by atoms with van der Waals surface area (Å²) in [5.74, 6) is 1.87. The van der Waals surface area contributed by atoms with Gasteiger partial charge in [0, 0.05) is 38.3 Å². The molecule has 1 aromatic heterocycles. The molecule has 27 heavy (non-hydrogen) atoms. The largest absolute Gasteiger partial charge is 0.368 e. The lowest BCUT2D eigenvalue weighted by Gasteiger charge is -2.37. The molecule has 5 heteroatoms. The van der Waals surface area contributed by atoms with Crippen LogP contribution in [0.1, 0.15) is 48.2 Å². The number of ketones is 1. The van der Waals surface area contributed by atoms with Gasteiger partial charge in [-0.1, -0.05) is 37.5 Å². The van der Waals surface area contributed by atoms with E-state index >= 15 is 0 Å². The van der Waals surface area contributed by atoms with Gasteiger partial charge in [0.05, 0.1) is 0 Å². The summed E-state index contributed by atoms with van der Waals surface area (Å²) in [6, 6.07) is 12.3. The normalized spacial score (nSPS) is 17.2. The Morgan fingerprint density at radius 3 is 2.41 bits per heavy atom. The number of Topliss-reactive ketones (excluding diaryl/α,β-unsaturated/α-hetero) is 1. The molecule has 0 spiro atoms. The van der Waals surface area contributed by atoms with Crippen LogP contribution in [0.4, 0.5) is 11.5 Å². The van der Waals surface area contributed by atoms with E-state index in [0.717, 1.165) is 44.3 Å². The van der Waals surface area contributed by atoms with Crippen LogP contribution in [0.15, 0.2) is 36.4 Å². The van der Waals surface area contributed by atoms with Crippen LogP contribution in [0.25, 0.3) is 0 Å². The van der Waals surface area contributed by atoms with Crippen molar-refractivity contribution in [3.63, 3.8) is 0 Å². The molecule has 4 rings (SSSR count). The number of anilines is 2. The molecule has 1 saturated heterocycles. The van der Waals surface area contributed by atoms with Gasteiger partial charge in [-0.3, -0.25) is 4.79 Å². The van der Waals surface area contributed by atoms with E-state index in [1.54, 1.807) is 0 Å². The van der Waals surface area contributed by atoms with Crippen molar-refractivity contribution in [2.45, 2.75) is 39.0 Å². The Hall–Kier alpha value is -2.43. The zero-order valence-corrected chi connectivity index (χ0v) is 16.1. The van der Waals surface area contributed by atoms with E-state index in [4.69, 9.17) is 0 Å². The average molecular weight is 364 g/mol. The molecule has 2 aliphatic rings. The Bertz CT molecular complexity index is 777. The van der Waals surface area contributed by atoms with Crippen LogP contribution in [0, 0.1) is 12.8 Å². The molecule has 142 valence electrons. The Morgan fingerprint density at radius 2 is 1.74 bits per heavy atom. The van der Waals surface area contributed by atoms with Crippen LogP contribution in [-0.4, -0.2) is 42.2 Å². The average Bonchev–Trinajstić information content (AvgIpc) is 3.53. The summed E-state index contributed by atoms with van der Waals surface area (Å²) < 4.78 is 0. The molecular weight excluding hydrogens is 336 g/mol. The summed E-state index contributed by atoms with van der Waals surface area (Å²) in [6.07, 6.45) is 5.45. The lowest BCUT2D eigenvalue weighted by atomic mass is 10.1. The highest BCUT2D eigenvalue weighted by molar-refractivity contribution is 5.94. The molecule has 0 amide bonds. The summed E-state index contributed by atoms with van der Waals surface area (Å²) in [4.78, 5) is 16.9. The van der Waals surface area contributed by atoms with Crippen LogP contribution in [0.2, 0.25) is 0 Å². The molecular formula is C22H28N4O. The molecule has 0 atom stereocenters. The predicted molar refractivity (Wildman–Crippen MR) is 109 cm³/mol. The second-order valence-electron chi connectivity index (χ2n) is 7.80. The number of piperazine rings is 1. The second kappa shape index (κ2) is 8.07. The number of aryl methyl sites for hydroxylation is 1. The lowest BCUT2D eigenvalue weighted by molar-refractivity contribution is 0.0973. The quantitative estimate of drug-likeness (QED) is 0.698. The van der Waals surface area contributed by atoms with E-state index in [2.05, 4.69) is 51.2 Å². The number of carbonyl (C=O) groups is 1. The van der Waals surface area contributed by atoms with Crippen LogP contribution in [-0.2, 0) is 0 Å². The van der Waals surface area contributed by atoms with Crippen molar-refractivity contribution in [3.05, 3.63) is 47.7 Å². The van der Waals surface area contributed by atoms with Crippen LogP contribution in [0.3, 0.4) is 0 Å². The maximum absolute atomic E-state index is 12.2. The Morgan fingerprint density at radius 1 is 1.00 bits per heavy atom. The molecule has 0 unspecified atom stereocenters. The van der Waals surface area contributed by atoms with Crippen molar-refractivity contribution in [3.8, 4) is 0 Å². The van der Waals surface area contributed by atoms with Gasteiger partial charge in [-0.25, -0.2) is 0 Å². The van der Waals surface area contributed by atoms with Gasteiger partial charge < -0.3 is 9.80 Å². The van der Waals surface area contributed by atoms with Crippen LogP contribution < -0.4 is 9.80 Å². The van der Waals surface area contributed by atoms with Gasteiger partial charge in [0.15, 0.2) is 11.6 Å². The summed E-state index contributed by atoms with van der Waals surface area (Å²) in [7, 11) is 0. The molecule has 2 heterocycles. The van der Waals surface area contributed by atoms with Gasteiger partial charge in [-0.05, 0) is 43.0 Å². The van der Waals surface area contributed by atoms with Gasteiger partial charge in [-0.15, -0.1) is 10.2 Å². The van der Waals surface area contributed by atoms with Crippen molar-refractivity contribution < 1.29 is 4.79 Å². The van der Waals surface area contributed by atoms with Crippen molar-refractivity contribution in [2.75, 3.05) is 36.0 Å². The topological polar surface area (TPSA) is 49.3 Å². The number of carbonyl (C=O) groups excluding carboxylic acids is 1. The Labute approximate surface area is 161 Å². The first-order chi connectivity index (χ1) is 13.2. The summed E-state index contributed by atoms with van der Waals surface area (Å²) in [6.45, 7) is 5.92. The van der Waals surface area contributed by atoms with Gasteiger partial charge >= 0.3 is 0 Å². The van der Waals surface area contributed by atoms with Crippen molar-refractivity contribution in [1.29, 1.82) is 0 Å². The van der Waals surface area contributed by atoms with Crippen molar-refractivity contribution in [1.82, 2.24) is 10.2 Å². The summed E-state index contributed by atoms with van der Waals surface area (Å²) >= 11 is 0. The molecule has 1 aliphatic heterocycles. The Balaban J connectivity index is 1.30. The van der Waals surface area contributed by atoms with E-state index in [1.165, 1.54) is 30.5 Å². The van der Waals surface area contributed by atoms with Crippen LogP contribution >= 0.6 is 0 Å². The fraction of sp³-hybridized carbons (Fsp3) is 0.500. The predicted octanol–water partition coefficient (Wildman–Crippen LogP) is 3.87. The fourth-order valence-electron chi connectivity index (χ4n) is 3.82. The maximum Gasteiger partial charge on any atom is 0.183 e. The molecule has 1 aromatic carbocycles. The van der Waals surface area contributed by atoms with Gasteiger partial charge in [0.2, 0.25) is 0 Å². The van der Waals surface area contributed by atoms with Gasteiger partial charge in [0.25, 0.3) is 0 Å². The number of benzene rings is 1. The number of rotatable bonds is 7. The number of nitrogens with zero attached hydrogens (tertiary/aromatic N) is 4. The first-order valence-electron chi connectivity index (χ1n) is 10.1. The molecule has 0 bridgehead atoms. The van der Waals surface area contributed by atoms with Crippen LogP contribution in [0.5, 0.6) is 0 Å². The minimum Gasteiger partial charge on any atom is -0.368 e. The number of hydrogen-bond acceptors (Lipinski definition) is 5. The van der Waals surface area contributed by atoms with E-state index in [9.17, 15) is 4.79 Å². The third-order valence-corrected chi connectivity index (χ3v) is 5.71. The second-order valence-corrected chi connectivity index (χ2v) is 7.80. The maximum atomic E-state index is 12.2. The highest BCUT2D eigenvalue weighted by Gasteiger charge is 2.22. The third kappa shape index (κ3) is 4.46. The van der Waals surface area contributed by atoms with Gasteiger partial charge in [0.1, 0.15) is 5.69 Å². The fourth-order valence-corrected chi connectivity index (χ4v) is 3.82. The highest BCUT2D eigenvalue weighted by atomic mass is 16.1. The minimum absolute atomic E-state index is 0.124. The highest BCUT2D eigenvalue weighted by Crippen LogP contribution is 2.34. The molecule has 1 saturated carbocycles. The number of para-hydroxylation sites is 1. The summed E-state index contributed by atoms with van der Waals surface area (Å²) in [5, 5.41) is 8.53. The van der Waals surface area contributed by atoms with Gasteiger partial charge in [-0.2, -0.15) is 0 Å². The third-order valence-electron chi connectivity index (χ3n) is 5.71. The zero-order valence-electron chi connectivity index (χ0n) is 16.1. The van der Waals surface area contributed by atoms with E-state index in [-0.39, 0.29) is 5.78 Å². The molecule has 2 fully saturated rings. The van der Waals surface area contributed by atoms with E-state index in [1.807, 2.05) is 12.1 Å². The smallest absolute Gasteiger partial charge is 0.183 e. The van der Waals surface area contributed by atoms with Crippen molar-refractivity contribution in [2.24, 2.45) is 5.92 Å². The first kappa shape index (κ1) is 18.0. The minimum atomic E-state index is 0.124. The number of aromatic nitrogens is 2. The van der Waals surface area contributed by atoms with E-state index < -0.39 is 0 Å². The molecule has 5 nitrogen and oxygen atoms in total. The molecule has 0 radical (unpaired) electrons. The standard InChI is InChI=1S/C22H28N4O/c1-17-5-2-3-7-20(17)25-13-15-26(16-14-25)22-12-11-19(23-24-22)21(27)8-4-6-18-9-10-18/h2-3,5,7,11-12,18H,4,6,8-10,13-16H2,1H3. The monoisotopic (exact) mass is 364 g/mol. The van der Waals surface area contributed by atoms with Crippen molar-refractivity contribution >= 4 is 17.3 Å². The number of hydrogen-bond donors (Lipinski definition) is 0. The summed E-state index contributed by atoms with van der Waals surface area (Å²) in [5.41, 5.74) is 3.14. The molecule has 0 N–H and O–H groups in total. The Kier molecular flexibility index (Phi) is 5.37. The molecule has 1 aliphatic carbocycles. The first-order valence-corrected chi connectivity index (χ1v) is 10.1.